The monoisotopic (exact) mass is 301 g/mol. The average Bonchev–Trinajstić information content (AvgIpc) is 3.22. The molecule has 3 rings (SSSR count). The van der Waals surface area contributed by atoms with Crippen LogP contribution in [0.15, 0.2) is 30.3 Å². The Labute approximate surface area is 128 Å². The maximum atomic E-state index is 11.6. The highest BCUT2D eigenvalue weighted by Gasteiger charge is 2.20. The zero-order chi connectivity index (χ0) is 15.2. The number of alkyl carbamates (subject to hydrolysis) is 1. The summed E-state index contributed by atoms with van der Waals surface area (Å²) in [5.41, 5.74) is 0.951. The summed E-state index contributed by atoms with van der Waals surface area (Å²) in [6, 6.07) is 9.77. The zero-order valence-corrected chi connectivity index (χ0v) is 12.2. The normalized spacial score (nSPS) is 17.4. The molecule has 3 N–H and O–H groups in total. The Morgan fingerprint density at radius 3 is 3.00 bits per heavy atom. The summed E-state index contributed by atoms with van der Waals surface area (Å²) >= 11 is 0. The van der Waals surface area contributed by atoms with Crippen LogP contribution in [0.4, 0.5) is 4.79 Å². The largest absolute Gasteiger partial charge is 0.445 e. The summed E-state index contributed by atoms with van der Waals surface area (Å²) < 4.78 is 5.13. The molecule has 1 fully saturated rings. The lowest BCUT2D eigenvalue weighted by atomic mass is 10.2. The fourth-order valence-corrected chi connectivity index (χ4v) is 2.38. The Hall–Kier alpha value is -2.41. The van der Waals surface area contributed by atoms with Crippen LogP contribution in [0, 0.1) is 0 Å². The highest BCUT2D eigenvalue weighted by atomic mass is 16.5. The zero-order valence-electron chi connectivity index (χ0n) is 12.2. The smallest absolute Gasteiger partial charge is 0.407 e. The van der Waals surface area contributed by atoms with Gasteiger partial charge < -0.3 is 15.4 Å². The van der Waals surface area contributed by atoms with Gasteiger partial charge in [0.15, 0.2) is 5.82 Å². The van der Waals surface area contributed by atoms with Gasteiger partial charge in [-0.25, -0.2) is 9.78 Å². The number of benzene rings is 1. The van der Waals surface area contributed by atoms with Crippen molar-refractivity contribution in [2.24, 2.45) is 0 Å². The van der Waals surface area contributed by atoms with E-state index >= 15 is 0 Å². The molecular weight excluding hydrogens is 282 g/mol. The van der Waals surface area contributed by atoms with Gasteiger partial charge in [-0.2, -0.15) is 5.10 Å². The van der Waals surface area contributed by atoms with Crippen molar-refractivity contribution >= 4 is 6.09 Å². The van der Waals surface area contributed by atoms with Crippen LogP contribution in [0.1, 0.15) is 36.1 Å². The third kappa shape index (κ3) is 3.82. The van der Waals surface area contributed by atoms with Crippen LogP contribution < -0.4 is 10.6 Å². The lowest BCUT2D eigenvalue weighted by molar-refractivity contribution is 0.139. The molecule has 0 aliphatic carbocycles. The lowest BCUT2D eigenvalue weighted by Crippen LogP contribution is -2.24. The van der Waals surface area contributed by atoms with Crippen molar-refractivity contribution in [3.8, 4) is 0 Å². The first-order chi connectivity index (χ1) is 10.8. The molecule has 1 aromatic carbocycles. The van der Waals surface area contributed by atoms with Gasteiger partial charge in [-0.3, -0.25) is 5.10 Å². The average molecular weight is 301 g/mol. The van der Waals surface area contributed by atoms with Crippen molar-refractivity contribution in [3.63, 3.8) is 0 Å². The Kier molecular flexibility index (Phi) is 4.65. The second-order valence-corrected chi connectivity index (χ2v) is 5.20. The van der Waals surface area contributed by atoms with Gasteiger partial charge in [-0.1, -0.05) is 30.3 Å². The maximum absolute atomic E-state index is 11.6. The van der Waals surface area contributed by atoms with Gasteiger partial charge in [0.05, 0.1) is 12.6 Å². The van der Waals surface area contributed by atoms with E-state index in [4.69, 9.17) is 4.74 Å². The topological polar surface area (TPSA) is 91.9 Å². The number of carbonyl (C=O) groups excluding carboxylic acids is 1. The van der Waals surface area contributed by atoms with Crippen molar-refractivity contribution in [1.82, 2.24) is 25.8 Å². The van der Waals surface area contributed by atoms with E-state index in [1.165, 1.54) is 0 Å². The number of hydrogen-bond acceptors (Lipinski definition) is 5. The van der Waals surface area contributed by atoms with Crippen LogP contribution in [0.2, 0.25) is 0 Å². The van der Waals surface area contributed by atoms with E-state index in [0.717, 1.165) is 30.8 Å². The van der Waals surface area contributed by atoms with E-state index in [0.29, 0.717) is 5.82 Å². The number of rotatable bonds is 5. The molecule has 7 nitrogen and oxygen atoms in total. The molecule has 116 valence electrons. The molecule has 1 aliphatic heterocycles. The summed E-state index contributed by atoms with van der Waals surface area (Å²) in [6.07, 6.45) is 1.71. The molecule has 1 aromatic heterocycles. The Morgan fingerprint density at radius 1 is 1.36 bits per heavy atom. The summed E-state index contributed by atoms with van der Waals surface area (Å²) in [6.45, 7) is 1.52. The first kappa shape index (κ1) is 14.5. The first-order valence-corrected chi connectivity index (χ1v) is 7.40. The van der Waals surface area contributed by atoms with E-state index in [1.807, 2.05) is 30.3 Å². The third-order valence-electron chi connectivity index (χ3n) is 3.53. The number of aromatic nitrogens is 3. The van der Waals surface area contributed by atoms with Crippen LogP contribution >= 0.6 is 0 Å². The number of H-pyrrole nitrogens is 1. The predicted octanol–water partition coefficient (Wildman–Crippen LogP) is 1.66. The maximum Gasteiger partial charge on any atom is 0.407 e. The number of ether oxygens (including phenoxy) is 1. The fourth-order valence-electron chi connectivity index (χ4n) is 2.38. The van der Waals surface area contributed by atoms with Crippen LogP contribution in [-0.4, -0.2) is 27.8 Å². The molecule has 0 spiro atoms. The number of amides is 1. The Balaban J connectivity index is 1.43. The van der Waals surface area contributed by atoms with Crippen LogP contribution in [0.25, 0.3) is 0 Å². The van der Waals surface area contributed by atoms with Crippen molar-refractivity contribution in [2.75, 3.05) is 6.54 Å². The second-order valence-electron chi connectivity index (χ2n) is 5.20. The molecule has 1 saturated heterocycles. The Morgan fingerprint density at radius 2 is 2.23 bits per heavy atom. The molecule has 0 unspecified atom stereocenters. The molecule has 0 saturated carbocycles. The number of hydrogen-bond donors (Lipinski definition) is 3. The van der Waals surface area contributed by atoms with Gasteiger partial charge in [0, 0.05) is 0 Å². The van der Waals surface area contributed by atoms with Gasteiger partial charge in [-0.05, 0) is 24.9 Å². The molecule has 22 heavy (non-hydrogen) atoms. The van der Waals surface area contributed by atoms with E-state index in [1.54, 1.807) is 0 Å². The molecule has 1 amide bonds. The molecule has 0 bridgehead atoms. The summed E-state index contributed by atoms with van der Waals surface area (Å²) in [5.74, 6) is 1.38. The molecular formula is C15H19N5O2. The first-order valence-electron chi connectivity index (χ1n) is 7.40. The number of nitrogens with zero attached hydrogens (tertiary/aromatic N) is 2. The minimum absolute atomic E-state index is 0.218. The Bertz CT molecular complexity index is 607. The minimum Gasteiger partial charge on any atom is -0.445 e. The van der Waals surface area contributed by atoms with Gasteiger partial charge in [0.1, 0.15) is 12.4 Å². The van der Waals surface area contributed by atoms with Crippen LogP contribution in [0.3, 0.4) is 0 Å². The summed E-state index contributed by atoms with van der Waals surface area (Å²) in [5, 5.41) is 13.0. The van der Waals surface area contributed by atoms with Crippen molar-refractivity contribution in [2.45, 2.75) is 32.0 Å². The quantitative estimate of drug-likeness (QED) is 0.781. The van der Waals surface area contributed by atoms with Gasteiger partial charge in [-0.15, -0.1) is 0 Å². The lowest BCUT2D eigenvalue weighted by Gasteiger charge is -2.05. The van der Waals surface area contributed by atoms with Gasteiger partial charge in [0.25, 0.3) is 0 Å². The molecule has 1 aliphatic rings. The molecule has 7 heteroatoms. The van der Waals surface area contributed by atoms with Crippen LogP contribution in [0.5, 0.6) is 0 Å². The van der Waals surface area contributed by atoms with E-state index < -0.39 is 6.09 Å². The standard InChI is InChI=1S/C15H19N5O2/c21-15(22-10-11-5-2-1-3-6-11)17-9-13-18-14(20-19-13)12-7-4-8-16-12/h1-3,5-6,12,16H,4,7-10H2,(H,17,21)(H,18,19,20)/t12-/m0/s1. The predicted molar refractivity (Wildman–Crippen MR) is 79.8 cm³/mol. The number of carbonyl (C=O) groups is 1. The van der Waals surface area contributed by atoms with E-state index in [9.17, 15) is 4.79 Å². The molecule has 0 radical (unpaired) electrons. The van der Waals surface area contributed by atoms with Crippen molar-refractivity contribution in [1.29, 1.82) is 0 Å². The highest BCUT2D eigenvalue weighted by Crippen LogP contribution is 2.19. The summed E-state index contributed by atoms with van der Waals surface area (Å²) in [7, 11) is 0. The van der Waals surface area contributed by atoms with Crippen LogP contribution in [-0.2, 0) is 17.9 Å². The second kappa shape index (κ2) is 7.04. The summed E-state index contributed by atoms with van der Waals surface area (Å²) in [4.78, 5) is 16.0. The molecule has 1 atom stereocenters. The van der Waals surface area contributed by atoms with Crippen molar-refractivity contribution < 1.29 is 9.53 Å². The highest BCUT2D eigenvalue weighted by molar-refractivity contribution is 5.67. The molecule has 2 heterocycles. The van der Waals surface area contributed by atoms with Gasteiger partial charge >= 0.3 is 6.09 Å². The van der Waals surface area contributed by atoms with Crippen molar-refractivity contribution in [3.05, 3.63) is 47.5 Å². The molecule has 2 aromatic rings. The number of aromatic amines is 1. The van der Waals surface area contributed by atoms with E-state index in [-0.39, 0.29) is 19.2 Å². The minimum atomic E-state index is -0.471. The van der Waals surface area contributed by atoms with Gasteiger partial charge in [0.2, 0.25) is 0 Å². The SMILES string of the molecule is O=C(NCc1nc([C@@H]2CCCN2)n[nH]1)OCc1ccccc1. The fraction of sp³-hybridized carbons (Fsp3) is 0.400. The third-order valence-corrected chi connectivity index (χ3v) is 3.53. The number of nitrogens with one attached hydrogen (secondary N) is 3. The van der Waals surface area contributed by atoms with E-state index in [2.05, 4.69) is 25.8 Å².